The minimum absolute atomic E-state index is 0.306. The summed E-state index contributed by atoms with van der Waals surface area (Å²) in [6.07, 6.45) is 6.46. The van der Waals surface area contributed by atoms with E-state index < -0.39 is 10.0 Å². The summed E-state index contributed by atoms with van der Waals surface area (Å²) in [6.45, 7) is 7.51. The first-order valence-electron chi connectivity index (χ1n) is 15.7. The number of aromatic nitrogens is 3. The van der Waals surface area contributed by atoms with Crippen molar-refractivity contribution in [3.8, 4) is 23.1 Å². The first-order valence-corrected chi connectivity index (χ1v) is 17.9. The number of halogens is 1. The molecule has 0 amide bonds. The van der Waals surface area contributed by atoms with Gasteiger partial charge in [0.1, 0.15) is 0 Å². The SMILES string of the molecule is CS(=O)(=O)N1CCc2c(c(-c3ccc(Cl)c(C#Cc4ccc(CNCc5ccncc5)cc4)c3)nn2CCCN2CCOCC2)C1. The van der Waals surface area contributed by atoms with Gasteiger partial charge in [-0.05, 0) is 53.9 Å². The molecule has 1 N–H and O–H groups in total. The predicted molar refractivity (Wildman–Crippen MR) is 181 cm³/mol. The Hall–Kier alpha value is -3.56. The number of rotatable bonds is 10. The third-order valence-corrected chi connectivity index (χ3v) is 10.0. The lowest BCUT2D eigenvalue weighted by Crippen LogP contribution is -2.37. The molecule has 2 aromatic heterocycles. The maximum atomic E-state index is 12.5. The Morgan fingerprint density at radius 1 is 0.935 bits per heavy atom. The molecular weight excluding hydrogens is 620 g/mol. The van der Waals surface area contributed by atoms with E-state index in [1.165, 1.54) is 21.7 Å². The fraction of sp³-hybridized carbons (Fsp3) is 0.371. The molecule has 0 spiro atoms. The second kappa shape index (κ2) is 14.9. The molecule has 4 heterocycles. The Bertz CT molecular complexity index is 1810. The molecule has 2 aliphatic heterocycles. The highest BCUT2D eigenvalue weighted by Crippen LogP contribution is 2.33. The fourth-order valence-electron chi connectivity index (χ4n) is 5.90. The highest BCUT2D eigenvalue weighted by atomic mass is 35.5. The van der Waals surface area contributed by atoms with Gasteiger partial charge in [0.25, 0.3) is 0 Å². The molecule has 4 aromatic rings. The largest absolute Gasteiger partial charge is 0.379 e. The Balaban J connectivity index is 1.19. The van der Waals surface area contributed by atoms with Gasteiger partial charge in [-0.3, -0.25) is 14.6 Å². The van der Waals surface area contributed by atoms with Crippen LogP contribution in [0.2, 0.25) is 5.02 Å². The fourth-order valence-corrected chi connectivity index (χ4v) is 6.85. The highest BCUT2D eigenvalue weighted by molar-refractivity contribution is 7.88. The number of fused-ring (bicyclic) bond motifs is 1. The standard InChI is InChI=1S/C35H39ClN6O3S/c1-46(43,44)41-18-13-34-32(26-41)35(39-42(34)17-2-16-40-19-21-45-22-20-40)31-9-10-33(36)30(23-31)8-7-27-3-5-28(6-4-27)24-38-25-29-11-14-37-15-12-29/h3-6,9-12,14-15,23,38H,2,13,16-22,24-26H2,1H3. The van der Waals surface area contributed by atoms with Crippen molar-refractivity contribution in [1.82, 2.24) is 29.3 Å². The first-order chi connectivity index (χ1) is 22.3. The van der Waals surface area contributed by atoms with Crippen LogP contribution in [0.4, 0.5) is 0 Å². The van der Waals surface area contributed by atoms with Gasteiger partial charge in [-0.2, -0.15) is 9.40 Å². The minimum Gasteiger partial charge on any atom is -0.379 e. The van der Waals surface area contributed by atoms with Gasteiger partial charge in [-0.15, -0.1) is 0 Å². The molecule has 11 heteroatoms. The summed E-state index contributed by atoms with van der Waals surface area (Å²) in [4.78, 5) is 6.48. The van der Waals surface area contributed by atoms with Crippen molar-refractivity contribution in [3.63, 3.8) is 0 Å². The smallest absolute Gasteiger partial charge is 0.211 e. The summed E-state index contributed by atoms with van der Waals surface area (Å²) in [6, 6.07) is 18.0. The van der Waals surface area contributed by atoms with Crippen molar-refractivity contribution >= 4 is 21.6 Å². The Morgan fingerprint density at radius 3 is 2.41 bits per heavy atom. The lowest BCUT2D eigenvalue weighted by atomic mass is 10.0. The van der Waals surface area contributed by atoms with Gasteiger partial charge in [-0.1, -0.05) is 41.6 Å². The molecule has 0 aliphatic carbocycles. The van der Waals surface area contributed by atoms with Crippen LogP contribution in [0.3, 0.4) is 0 Å². The Morgan fingerprint density at radius 2 is 1.67 bits per heavy atom. The average Bonchev–Trinajstić information content (AvgIpc) is 3.43. The maximum absolute atomic E-state index is 12.5. The third-order valence-electron chi connectivity index (χ3n) is 8.46. The zero-order valence-corrected chi connectivity index (χ0v) is 27.7. The predicted octanol–water partition coefficient (Wildman–Crippen LogP) is 4.33. The van der Waals surface area contributed by atoms with Crippen molar-refractivity contribution in [2.45, 2.75) is 39.0 Å². The van der Waals surface area contributed by atoms with Crippen LogP contribution in [0.5, 0.6) is 0 Å². The molecule has 6 rings (SSSR count). The van der Waals surface area contributed by atoms with Crippen molar-refractivity contribution in [2.75, 3.05) is 45.6 Å². The molecule has 46 heavy (non-hydrogen) atoms. The molecule has 1 fully saturated rings. The second-order valence-electron chi connectivity index (χ2n) is 11.8. The van der Waals surface area contributed by atoms with Gasteiger partial charge in [0.2, 0.25) is 10.0 Å². The quantitative estimate of drug-likeness (QED) is 0.254. The Labute approximate surface area is 276 Å². The van der Waals surface area contributed by atoms with E-state index in [-0.39, 0.29) is 0 Å². The molecule has 240 valence electrons. The number of hydrogen-bond acceptors (Lipinski definition) is 7. The third kappa shape index (κ3) is 8.23. The number of benzene rings is 2. The van der Waals surface area contributed by atoms with Crippen molar-refractivity contribution in [3.05, 3.63) is 106 Å². The number of sulfonamides is 1. The van der Waals surface area contributed by atoms with Crippen LogP contribution in [0.15, 0.2) is 67.0 Å². The molecular formula is C35H39ClN6O3S. The van der Waals surface area contributed by atoms with E-state index in [2.05, 4.69) is 43.9 Å². The number of nitrogens with one attached hydrogen (secondary N) is 1. The highest BCUT2D eigenvalue weighted by Gasteiger charge is 2.30. The van der Waals surface area contributed by atoms with Crippen LogP contribution >= 0.6 is 11.6 Å². The maximum Gasteiger partial charge on any atom is 0.211 e. The zero-order valence-electron chi connectivity index (χ0n) is 26.1. The molecule has 9 nitrogen and oxygen atoms in total. The van der Waals surface area contributed by atoms with E-state index in [1.54, 1.807) is 12.4 Å². The molecule has 0 atom stereocenters. The average molecular weight is 659 g/mol. The monoisotopic (exact) mass is 658 g/mol. The summed E-state index contributed by atoms with van der Waals surface area (Å²) in [5.74, 6) is 6.51. The van der Waals surface area contributed by atoms with Crippen molar-refractivity contribution < 1.29 is 13.2 Å². The molecule has 0 bridgehead atoms. The summed E-state index contributed by atoms with van der Waals surface area (Å²) < 4.78 is 34.1. The number of hydrogen-bond donors (Lipinski definition) is 1. The Kier molecular flexibility index (Phi) is 10.5. The number of morpholine rings is 1. The number of aryl methyl sites for hydroxylation is 1. The minimum atomic E-state index is -3.34. The first kappa shape index (κ1) is 32.4. The van der Waals surface area contributed by atoms with Gasteiger partial charge >= 0.3 is 0 Å². The zero-order chi connectivity index (χ0) is 31.9. The summed E-state index contributed by atoms with van der Waals surface area (Å²) >= 11 is 6.62. The molecule has 0 radical (unpaired) electrons. The second-order valence-corrected chi connectivity index (χ2v) is 14.1. The van der Waals surface area contributed by atoms with Crippen molar-refractivity contribution in [1.29, 1.82) is 0 Å². The molecule has 0 unspecified atom stereocenters. The van der Waals surface area contributed by atoms with Crippen LogP contribution in [-0.2, 0) is 47.4 Å². The molecule has 1 saturated heterocycles. The van der Waals surface area contributed by atoms with E-state index in [0.717, 1.165) is 87.0 Å². The van der Waals surface area contributed by atoms with Crippen LogP contribution in [-0.4, -0.2) is 78.0 Å². The lowest BCUT2D eigenvalue weighted by Gasteiger charge is -2.27. The molecule has 2 aliphatic rings. The number of pyridine rings is 1. The van der Waals surface area contributed by atoms with Gasteiger partial charge in [-0.25, -0.2) is 8.42 Å². The number of ether oxygens (including phenoxy) is 1. The summed E-state index contributed by atoms with van der Waals surface area (Å²) in [5.41, 5.74) is 7.69. The molecule has 2 aromatic carbocycles. The van der Waals surface area contributed by atoms with Crippen LogP contribution < -0.4 is 5.32 Å². The van der Waals surface area contributed by atoms with E-state index in [0.29, 0.717) is 30.1 Å². The summed E-state index contributed by atoms with van der Waals surface area (Å²) in [5, 5.41) is 9.07. The van der Waals surface area contributed by atoms with E-state index in [4.69, 9.17) is 21.4 Å². The van der Waals surface area contributed by atoms with Gasteiger partial charge in [0.15, 0.2) is 0 Å². The van der Waals surface area contributed by atoms with E-state index in [1.807, 2.05) is 42.5 Å². The van der Waals surface area contributed by atoms with Crippen LogP contribution in [0.1, 0.15) is 39.9 Å². The lowest BCUT2D eigenvalue weighted by molar-refractivity contribution is 0.0368. The molecule has 0 saturated carbocycles. The normalized spacial score (nSPS) is 15.7. The van der Waals surface area contributed by atoms with Gasteiger partial charge in [0, 0.05) is 99.1 Å². The van der Waals surface area contributed by atoms with E-state index in [9.17, 15) is 8.42 Å². The topological polar surface area (TPSA) is 92.6 Å². The summed E-state index contributed by atoms with van der Waals surface area (Å²) in [7, 11) is -3.34. The van der Waals surface area contributed by atoms with Crippen LogP contribution in [0.25, 0.3) is 11.3 Å². The van der Waals surface area contributed by atoms with Crippen molar-refractivity contribution in [2.24, 2.45) is 0 Å². The van der Waals surface area contributed by atoms with Crippen LogP contribution in [0, 0.1) is 11.8 Å². The van der Waals surface area contributed by atoms with E-state index >= 15 is 0 Å². The number of nitrogens with zero attached hydrogens (tertiary/aromatic N) is 5. The van der Waals surface area contributed by atoms with Gasteiger partial charge < -0.3 is 10.1 Å². The van der Waals surface area contributed by atoms with Gasteiger partial charge in [0.05, 0.1) is 30.2 Å².